The first kappa shape index (κ1) is 14.6. The van der Waals surface area contributed by atoms with E-state index in [9.17, 15) is 9.59 Å². The van der Waals surface area contributed by atoms with Gasteiger partial charge in [0.25, 0.3) is 0 Å². The number of carbonyl (C=O) groups is 2. The van der Waals surface area contributed by atoms with Crippen LogP contribution in [0.3, 0.4) is 0 Å². The number of hydrogen-bond acceptors (Lipinski definition) is 5. The van der Waals surface area contributed by atoms with Gasteiger partial charge in [0.1, 0.15) is 11.8 Å². The topological polar surface area (TPSA) is 71.8 Å². The highest BCUT2D eigenvalue weighted by atomic mass is 16.5. The van der Waals surface area contributed by atoms with Crippen LogP contribution in [0.25, 0.3) is 0 Å². The molecule has 1 amide bonds. The SMILES string of the molecule is COC(=O)[C@H]1CCCCN1CC(=O)NCc1ccco1. The van der Waals surface area contributed by atoms with E-state index < -0.39 is 0 Å². The van der Waals surface area contributed by atoms with E-state index in [1.54, 1.807) is 18.4 Å². The van der Waals surface area contributed by atoms with E-state index >= 15 is 0 Å². The van der Waals surface area contributed by atoms with Gasteiger partial charge in [0.05, 0.1) is 26.5 Å². The van der Waals surface area contributed by atoms with Gasteiger partial charge >= 0.3 is 5.97 Å². The quantitative estimate of drug-likeness (QED) is 0.812. The average Bonchev–Trinajstić information content (AvgIpc) is 2.98. The van der Waals surface area contributed by atoms with Crippen molar-refractivity contribution in [1.29, 1.82) is 0 Å². The largest absolute Gasteiger partial charge is 0.468 e. The second kappa shape index (κ2) is 7.09. The Morgan fingerprint density at radius 3 is 3.05 bits per heavy atom. The van der Waals surface area contributed by atoms with E-state index in [2.05, 4.69) is 5.32 Å². The predicted molar refractivity (Wildman–Crippen MR) is 71.8 cm³/mol. The maximum Gasteiger partial charge on any atom is 0.323 e. The summed E-state index contributed by atoms with van der Waals surface area (Å²) in [7, 11) is 1.38. The Labute approximate surface area is 118 Å². The van der Waals surface area contributed by atoms with Gasteiger partial charge in [-0.25, -0.2) is 0 Å². The molecule has 2 rings (SSSR count). The minimum absolute atomic E-state index is 0.114. The molecule has 0 unspecified atom stereocenters. The van der Waals surface area contributed by atoms with Gasteiger partial charge in [0.2, 0.25) is 5.91 Å². The number of ether oxygens (including phenoxy) is 1. The van der Waals surface area contributed by atoms with Crippen LogP contribution in [0, 0.1) is 0 Å². The molecule has 0 saturated carbocycles. The molecular weight excluding hydrogens is 260 g/mol. The van der Waals surface area contributed by atoms with Crippen LogP contribution >= 0.6 is 0 Å². The summed E-state index contributed by atoms with van der Waals surface area (Å²) < 4.78 is 9.94. The number of furan rings is 1. The van der Waals surface area contributed by atoms with Crippen molar-refractivity contribution in [3.05, 3.63) is 24.2 Å². The minimum Gasteiger partial charge on any atom is -0.468 e. The van der Waals surface area contributed by atoms with Crippen LogP contribution in [0.15, 0.2) is 22.8 Å². The molecule has 0 bridgehead atoms. The molecule has 1 atom stereocenters. The molecule has 110 valence electrons. The van der Waals surface area contributed by atoms with Crippen molar-refractivity contribution in [2.24, 2.45) is 0 Å². The summed E-state index contributed by atoms with van der Waals surface area (Å²) in [5.74, 6) is 0.335. The van der Waals surface area contributed by atoms with E-state index in [-0.39, 0.29) is 24.5 Å². The van der Waals surface area contributed by atoms with Crippen molar-refractivity contribution in [3.8, 4) is 0 Å². The Balaban J connectivity index is 1.83. The maximum atomic E-state index is 11.9. The molecule has 2 heterocycles. The van der Waals surface area contributed by atoms with Crippen LogP contribution in [-0.2, 0) is 20.9 Å². The highest BCUT2D eigenvalue weighted by Gasteiger charge is 2.30. The minimum atomic E-state index is -0.303. The molecule has 1 fully saturated rings. The molecule has 1 aromatic heterocycles. The lowest BCUT2D eigenvalue weighted by atomic mass is 10.0. The number of amides is 1. The fourth-order valence-electron chi connectivity index (χ4n) is 2.42. The maximum absolute atomic E-state index is 11.9. The monoisotopic (exact) mass is 280 g/mol. The van der Waals surface area contributed by atoms with Gasteiger partial charge in [-0.3, -0.25) is 14.5 Å². The third-order valence-electron chi connectivity index (χ3n) is 3.47. The first-order chi connectivity index (χ1) is 9.70. The van der Waals surface area contributed by atoms with Crippen LogP contribution in [0.1, 0.15) is 25.0 Å². The normalized spacial score (nSPS) is 19.6. The number of nitrogens with zero attached hydrogens (tertiary/aromatic N) is 1. The number of esters is 1. The standard InChI is InChI=1S/C14H20N2O4/c1-19-14(18)12-6-2-3-7-16(12)10-13(17)15-9-11-5-4-8-20-11/h4-5,8,12H,2-3,6-7,9-10H2,1H3,(H,15,17)/t12-/m1/s1. The van der Waals surface area contributed by atoms with Crippen LogP contribution in [0.4, 0.5) is 0 Å². The first-order valence-corrected chi connectivity index (χ1v) is 6.81. The van der Waals surface area contributed by atoms with E-state index in [1.807, 2.05) is 4.90 Å². The Morgan fingerprint density at radius 2 is 2.35 bits per heavy atom. The summed E-state index contributed by atoms with van der Waals surface area (Å²) in [6.07, 6.45) is 4.31. The summed E-state index contributed by atoms with van der Waals surface area (Å²) in [5.41, 5.74) is 0. The Kier molecular flexibility index (Phi) is 5.17. The summed E-state index contributed by atoms with van der Waals surface area (Å²) in [5, 5.41) is 2.78. The molecule has 1 aliphatic rings. The summed E-state index contributed by atoms with van der Waals surface area (Å²) in [6, 6.07) is 3.28. The number of methoxy groups -OCH3 is 1. The number of piperidine rings is 1. The summed E-state index contributed by atoms with van der Waals surface area (Å²) in [4.78, 5) is 25.5. The van der Waals surface area contributed by atoms with E-state index in [0.717, 1.165) is 25.8 Å². The fraction of sp³-hybridized carbons (Fsp3) is 0.571. The van der Waals surface area contributed by atoms with Gasteiger partial charge in [0.15, 0.2) is 0 Å². The summed E-state index contributed by atoms with van der Waals surface area (Å²) >= 11 is 0. The molecular formula is C14H20N2O4. The van der Waals surface area contributed by atoms with E-state index in [4.69, 9.17) is 9.15 Å². The Hall–Kier alpha value is -1.82. The first-order valence-electron chi connectivity index (χ1n) is 6.81. The molecule has 1 aromatic rings. The predicted octanol–water partition coefficient (Wildman–Crippen LogP) is 0.923. The van der Waals surface area contributed by atoms with Crippen LogP contribution in [-0.4, -0.2) is 43.0 Å². The molecule has 0 aromatic carbocycles. The number of hydrogen-bond donors (Lipinski definition) is 1. The lowest BCUT2D eigenvalue weighted by Gasteiger charge is -2.32. The zero-order valence-corrected chi connectivity index (χ0v) is 11.6. The molecule has 1 aliphatic heterocycles. The molecule has 6 heteroatoms. The molecule has 20 heavy (non-hydrogen) atoms. The smallest absolute Gasteiger partial charge is 0.323 e. The van der Waals surface area contributed by atoms with Crippen LogP contribution < -0.4 is 5.32 Å². The van der Waals surface area contributed by atoms with E-state index in [0.29, 0.717) is 12.3 Å². The van der Waals surface area contributed by atoms with Gasteiger partial charge in [-0.2, -0.15) is 0 Å². The lowest BCUT2D eigenvalue weighted by Crippen LogP contribution is -2.49. The number of carbonyl (C=O) groups excluding carboxylic acids is 2. The summed E-state index contributed by atoms with van der Waals surface area (Å²) in [6.45, 7) is 1.32. The number of nitrogens with one attached hydrogen (secondary N) is 1. The van der Waals surface area contributed by atoms with Crippen molar-refractivity contribution in [2.45, 2.75) is 31.8 Å². The van der Waals surface area contributed by atoms with Crippen molar-refractivity contribution in [2.75, 3.05) is 20.2 Å². The van der Waals surface area contributed by atoms with Gasteiger partial charge < -0.3 is 14.5 Å². The zero-order valence-electron chi connectivity index (χ0n) is 11.6. The number of rotatable bonds is 5. The second-order valence-electron chi connectivity index (χ2n) is 4.86. The van der Waals surface area contributed by atoms with Gasteiger partial charge in [-0.1, -0.05) is 6.42 Å². The van der Waals surface area contributed by atoms with Gasteiger partial charge in [0, 0.05) is 0 Å². The molecule has 0 radical (unpaired) electrons. The molecule has 1 N–H and O–H groups in total. The van der Waals surface area contributed by atoms with Gasteiger partial charge in [-0.15, -0.1) is 0 Å². The zero-order chi connectivity index (χ0) is 14.4. The Morgan fingerprint density at radius 1 is 1.50 bits per heavy atom. The Bertz CT molecular complexity index is 444. The second-order valence-corrected chi connectivity index (χ2v) is 4.86. The molecule has 1 saturated heterocycles. The van der Waals surface area contributed by atoms with Crippen molar-refractivity contribution in [3.63, 3.8) is 0 Å². The van der Waals surface area contributed by atoms with Gasteiger partial charge in [-0.05, 0) is 31.5 Å². The van der Waals surface area contributed by atoms with Crippen molar-refractivity contribution in [1.82, 2.24) is 10.2 Å². The third-order valence-corrected chi connectivity index (χ3v) is 3.47. The average molecular weight is 280 g/mol. The highest BCUT2D eigenvalue weighted by molar-refractivity contribution is 5.80. The fourth-order valence-corrected chi connectivity index (χ4v) is 2.42. The van der Waals surface area contributed by atoms with E-state index in [1.165, 1.54) is 7.11 Å². The third kappa shape index (κ3) is 3.84. The van der Waals surface area contributed by atoms with Crippen molar-refractivity contribution >= 4 is 11.9 Å². The highest BCUT2D eigenvalue weighted by Crippen LogP contribution is 2.17. The van der Waals surface area contributed by atoms with Crippen LogP contribution in [0.2, 0.25) is 0 Å². The molecule has 0 spiro atoms. The van der Waals surface area contributed by atoms with Crippen molar-refractivity contribution < 1.29 is 18.7 Å². The molecule has 0 aliphatic carbocycles. The molecule has 6 nitrogen and oxygen atoms in total. The number of likely N-dealkylation sites (tertiary alicyclic amines) is 1. The lowest BCUT2D eigenvalue weighted by molar-refractivity contribution is -0.148. The van der Waals surface area contributed by atoms with Crippen LogP contribution in [0.5, 0.6) is 0 Å².